The monoisotopic (exact) mass is 518 g/mol. The number of aliphatic carboxylic acids is 1. The molecule has 10 heteroatoms. The van der Waals surface area contributed by atoms with Crippen LogP contribution in [0.15, 0.2) is 48.8 Å². The molecule has 0 unspecified atom stereocenters. The number of methoxy groups -OCH3 is 2. The third-order valence-electron chi connectivity index (χ3n) is 5.23. The highest BCUT2D eigenvalue weighted by Gasteiger charge is 2.25. The fraction of sp³-hybridized carbons (Fsp3) is 0.240. The molecule has 0 aliphatic heterocycles. The lowest BCUT2D eigenvalue weighted by Crippen LogP contribution is -2.42. The Labute approximate surface area is 212 Å². The number of aryl methyl sites for hydroxylation is 1. The Morgan fingerprint density at radius 1 is 1.03 bits per heavy atom. The van der Waals surface area contributed by atoms with Gasteiger partial charge in [-0.1, -0.05) is 48.3 Å². The molecular weight excluding hydrogens is 495 g/mol. The van der Waals surface area contributed by atoms with Gasteiger partial charge in [0.1, 0.15) is 38.9 Å². The number of carboxylic acids is 1. The first-order valence-corrected chi connectivity index (χ1v) is 11.4. The van der Waals surface area contributed by atoms with Crippen LogP contribution in [0.4, 0.5) is 0 Å². The molecule has 35 heavy (non-hydrogen) atoms. The van der Waals surface area contributed by atoms with E-state index < -0.39 is 17.9 Å². The first-order valence-electron chi connectivity index (χ1n) is 10.6. The third-order valence-corrected chi connectivity index (χ3v) is 5.76. The molecule has 1 heterocycles. The minimum absolute atomic E-state index is 0.0442. The van der Waals surface area contributed by atoms with Crippen LogP contribution in [0.1, 0.15) is 28.4 Å². The zero-order chi connectivity index (χ0) is 25.5. The number of pyridine rings is 1. The molecule has 0 fully saturated rings. The van der Waals surface area contributed by atoms with Gasteiger partial charge in [0.15, 0.2) is 5.75 Å². The van der Waals surface area contributed by atoms with Crippen molar-refractivity contribution in [2.75, 3.05) is 14.2 Å². The lowest BCUT2D eigenvalue weighted by Gasteiger charge is -2.18. The molecule has 8 nitrogen and oxygen atoms in total. The van der Waals surface area contributed by atoms with Crippen LogP contribution in [-0.4, -0.2) is 42.2 Å². The molecule has 1 atom stereocenters. The lowest BCUT2D eigenvalue weighted by molar-refractivity contribution is -0.139. The number of carbonyl (C=O) groups is 2. The van der Waals surface area contributed by atoms with Crippen molar-refractivity contribution >= 4 is 35.1 Å². The van der Waals surface area contributed by atoms with Crippen molar-refractivity contribution in [3.05, 3.63) is 75.5 Å². The number of rotatable bonds is 10. The molecule has 3 rings (SSSR count). The summed E-state index contributed by atoms with van der Waals surface area (Å²) < 4.78 is 16.4. The van der Waals surface area contributed by atoms with Crippen LogP contribution < -0.4 is 19.5 Å². The van der Waals surface area contributed by atoms with Crippen LogP contribution >= 0.6 is 23.2 Å². The summed E-state index contributed by atoms with van der Waals surface area (Å²) in [6.45, 7) is 1.94. The van der Waals surface area contributed by atoms with Gasteiger partial charge in [0, 0.05) is 18.8 Å². The third kappa shape index (κ3) is 6.15. The highest BCUT2D eigenvalue weighted by atomic mass is 35.5. The van der Waals surface area contributed by atoms with Crippen LogP contribution in [0.3, 0.4) is 0 Å². The molecule has 1 aromatic heterocycles. The fourth-order valence-corrected chi connectivity index (χ4v) is 3.93. The predicted molar refractivity (Wildman–Crippen MR) is 132 cm³/mol. The lowest BCUT2D eigenvalue weighted by atomic mass is 10.0. The summed E-state index contributed by atoms with van der Waals surface area (Å²) in [6.07, 6.45) is 3.51. The second kappa shape index (κ2) is 11.8. The van der Waals surface area contributed by atoms with Gasteiger partial charge in [-0.3, -0.25) is 9.78 Å². The molecule has 0 saturated carbocycles. The van der Waals surface area contributed by atoms with Crippen LogP contribution in [0.2, 0.25) is 10.0 Å². The average molecular weight is 519 g/mol. The molecule has 0 bridgehead atoms. The van der Waals surface area contributed by atoms with E-state index in [1.54, 1.807) is 30.3 Å². The Kier molecular flexibility index (Phi) is 8.78. The summed E-state index contributed by atoms with van der Waals surface area (Å²) in [6, 6.07) is 8.93. The number of hydrogen-bond acceptors (Lipinski definition) is 6. The zero-order valence-electron chi connectivity index (χ0n) is 19.3. The average Bonchev–Trinajstić information content (AvgIpc) is 2.85. The van der Waals surface area contributed by atoms with Crippen LogP contribution in [0.25, 0.3) is 0 Å². The Balaban J connectivity index is 1.83. The first kappa shape index (κ1) is 26.1. The van der Waals surface area contributed by atoms with Gasteiger partial charge >= 0.3 is 5.97 Å². The maximum absolute atomic E-state index is 13.0. The van der Waals surface area contributed by atoms with Gasteiger partial charge in [-0.2, -0.15) is 0 Å². The number of hydrogen-bond donors (Lipinski definition) is 2. The van der Waals surface area contributed by atoms with E-state index in [9.17, 15) is 14.7 Å². The molecule has 184 valence electrons. The highest BCUT2D eigenvalue weighted by molar-refractivity contribution is 6.36. The largest absolute Gasteiger partial charge is 0.496 e. The van der Waals surface area contributed by atoms with Crippen LogP contribution in [0.5, 0.6) is 23.0 Å². The topological polar surface area (TPSA) is 107 Å². The number of ether oxygens (including phenoxy) is 3. The number of carbonyl (C=O) groups excluding carboxylic acids is 1. The number of carboxylic acid groups (broad SMARTS) is 1. The van der Waals surface area contributed by atoms with Crippen molar-refractivity contribution in [3.63, 3.8) is 0 Å². The van der Waals surface area contributed by atoms with E-state index in [0.29, 0.717) is 17.7 Å². The smallest absolute Gasteiger partial charge is 0.326 e. The molecular formula is C25H24Cl2N2O6. The molecule has 3 aromatic rings. The number of benzene rings is 2. The van der Waals surface area contributed by atoms with Gasteiger partial charge in [-0.05, 0) is 35.7 Å². The summed E-state index contributed by atoms with van der Waals surface area (Å²) in [5.41, 5.74) is 1.63. The van der Waals surface area contributed by atoms with Gasteiger partial charge in [0.05, 0.1) is 14.2 Å². The fourth-order valence-electron chi connectivity index (χ4n) is 3.48. The van der Waals surface area contributed by atoms with E-state index in [0.717, 1.165) is 5.56 Å². The quantitative estimate of drug-likeness (QED) is 0.380. The Bertz CT molecular complexity index is 1190. The summed E-state index contributed by atoms with van der Waals surface area (Å²) in [7, 11) is 2.84. The summed E-state index contributed by atoms with van der Waals surface area (Å²) in [4.78, 5) is 28.9. The second-order valence-electron chi connectivity index (χ2n) is 7.44. The zero-order valence-corrected chi connectivity index (χ0v) is 20.8. The predicted octanol–water partition coefficient (Wildman–Crippen LogP) is 5.19. The van der Waals surface area contributed by atoms with E-state index in [1.165, 1.54) is 26.6 Å². The molecule has 2 N–H and O–H groups in total. The normalized spacial score (nSPS) is 11.5. The molecule has 0 radical (unpaired) electrons. The number of halogens is 2. The molecule has 0 saturated heterocycles. The molecule has 0 aliphatic rings. The first-order chi connectivity index (χ1) is 16.8. The van der Waals surface area contributed by atoms with Gasteiger partial charge in [-0.15, -0.1) is 0 Å². The molecule has 0 spiro atoms. The maximum atomic E-state index is 13.0. The van der Waals surface area contributed by atoms with Gasteiger partial charge in [-0.25, -0.2) is 4.79 Å². The van der Waals surface area contributed by atoms with Crippen molar-refractivity contribution < 1.29 is 28.9 Å². The highest BCUT2D eigenvalue weighted by Crippen LogP contribution is 2.37. The second-order valence-corrected chi connectivity index (χ2v) is 8.25. The number of aromatic nitrogens is 1. The van der Waals surface area contributed by atoms with Crippen molar-refractivity contribution in [1.82, 2.24) is 10.3 Å². The molecule has 1 amide bonds. The molecule has 2 aromatic carbocycles. The van der Waals surface area contributed by atoms with E-state index in [4.69, 9.17) is 37.4 Å². The van der Waals surface area contributed by atoms with Crippen molar-refractivity contribution in [2.45, 2.75) is 25.8 Å². The number of amides is 1. The Hall–Kier alpha value is -3.49. The number of nitrogens with one attached hydrogen (secondary N) is 1. The molecule has 0 aliphatic carbocycles. The van der Waals surface area contributed by atoms with E-state index in [1.807, 2.05) is 13.0 Å². The van der Waals surface area contributed by atoms with Crippen molar-refractivity contribution in [2.24, 2.45) is 0 Å². The van der Waals surface area contributed by atoms with Gasteiger partial charge in [0.25, 0.3) is 5.91 Å². The van der Waals surface area contributed by atoms with Gasteiger partial charge in [0.2, 0.25) is 0 Å². The van der Waals surface area contributed by atoms with Crippen LogP contribution in [0, 0.1) is 0 Å². The minimum Gasteiger partial charge on any atom is -0.496 e. The van der Waals surface area contributed by atoms with E-state index in [-0.39, 0.29) is 39.3 Å². The standard InChI is InChI=1S/C25H24Cl2N2O6/c1-4-15-10-14(8-9-19(15)35-23-16(26)12-28-13-17(23)27)11-18(25(31)32)29-24(30)22-20(33-2)6-5-7-21(22)34-3/h5-10,12-13,18H,4,11H2,1-3H3,(H,29,30)(H,31,32)/t18-/m0/s1. The number of nitrogens with zero attached hydrogens (tertiary/aromatic N) is 1. The van der Waals surface area contributed by atoms with E-state index >= 15 is 0 Å². The van der Waals surface area contributed by atoms with Gasteiger partial charge < -0.3 is 24.6 Å². The van der Waals surface area contributed by atoms with Crippen molar-refractivity contribution in [3.8, 4) is 23.0 Å². The summed E-state index contributed by atoms with van der Waals surface area (Å²) >= 11 is 12.3. The Morgan fingerprint density at radius 3 is 2.20 bits per heavy atom. The van der Waals surface area contributed by atoms with Crippen molar-refractivity contribution in [1.29, 1.82) is 0 Å². The van der Waals surface area contributed by atoms with Crippen LogP contribution in [-0.2, 0) is 17.6 Å². The summed E-state index contributed by atoms with van der Waals surface area (Å²) in [5, 5.41) is 12.9. The van der Waals surface area contributed by atoms with E-state index in [2.05, 4.69) is 10.3 Å². The minimum atomic E-state index is -1.20. The maximum Gasteiger partial charge on any atom is 0.326 e. The Morgan fingerprint density at radius 2 is 1.66 bits per heavy atom. The summed E-state index contributed by atoms with van der Waals surface area (Å²) in [5.74, 6) is -0.443. The SMILES string of the molecule is CCc1cc(C[C@H](NC(=O)c2c(OC)cccc2OC)C(=O)O)ccc1Oc1c(Cl)cncc1Cl.